The molecule has 8 fully saturated rings. The van der Waals surface area contributed by atoms with Crippen molar-refractivity contribution in [3.8, 4) is 0 Å². The number of hydrogen-bond acceptors (Lipinski definition) is 28. The van der Waals surface area contributed by atoms with Crippen LogP contribution in [0.1, 0.15) is 113 Å². The molecular formula is C61H104O28. The SMILES string of the molecule is COCC1O[C@@H](OCC2O[C@@H](O[C@H](CC[C@@H](C)[C@H]3CC[C@@]4(C)[C@@H]5CC=C6[C@@H](CC[C@H](O[C@@H]7OC(CO)[C@@H](O[C@@H]8OC(CO)[C@@H](O)C(O)C8O)C(O)C7O)C6(C)C)[C@]5(C)CC[C@]34C)C(C)(C)O)C(O[C@@H]3OC(CO)[C@@H](O)C(O)C3O)C(O)[C@@H]2O)C(O)C(O)[C@@H]1O. The van der Waals surface area contributed by atoms with Gasteiger partial charge in [0.1, 0.15) is 122 Å². The molecule has 3 saturated carbocycles. The summed E-state index contributed by atoms with van der Waals surface area (Å²) in [4.78, 5) is 0. The van der Waals surface area contributed by atoms with Crippen LogP contribution in [0.5, 0.6) is 0 Å². The first kappa shape index (κ1) is 71.9. The fourth-order valence-corrected chi connectivity index (χ4v) is 17.2. The number of allylic oxidation sites excluding steroid dienone is 1. The third-order valence-electron chi connectivity index (χ3n) is 23.0. The summed E-state index contributed by atoms with van der Waals surface area (Å²) in [6.07, 6.45) is -33.0. The first-order valence-electron chi connectivity index (χ1n) is 31.8. The van der Waals surface area contributed by atoms with Gasteiger partial charge >= 0.3 is 0 Å². The highest BCUT2D eigenvalue weighted by atomic mass is 16.8. The van der Waals surface area contributed by atoms with E-state index in [9.17, 15) is 86.8 Å². The van der Waals surface area contributed by atoms with E-state index < -0.39 is 203 Å². The number of aliphatic hydroxyl groups excluding tert-OH is 16. The lowest BCUT2D eigenvalue weighted by Gasteiger charge is -2.66. The van der Waals surface area contributed by atoms with Crippen molar-refractivity contribution in [3.63, 3.8) is 0 Å². The van der Waals surface area contributed by atoms with Crippen molar-refractivity contribution in [3.05, 3.63) is 11.6 Å². The molecule has 5 saturated heterocycles. The summed E-state index contributed by atoms with van der Waals surface area (Å²) >= 11 is 0. The van der Waals surface area contributed by atoms with Crippen molar-refractivity contribution in [2.75, 3.05) is 40.1 Å². The summed E-state index contributed by atoms with van der Waals surface area (Å²) in [7, 11) is 1.35. The molecule has 0 spiro atoms. The van der Waals surface area contributed by atoms with E-state index in [0.717, 1.165) is 38.5 Å². The molecule has 0 amide bonds. The van der Waals surface area contributed by atoms with Crippen molar-refractivity contribution < 1.29 is 139 Å². The average molecular weight is 1290 g/mol. The highest BCUT2D eigenvalue weighted by Crippen LogP contribution is 2.75. The van der Waals surface area contributed by atoms with E-state index in [1.807, 2.05) is 0 Å². The Morgan fingerprint density at radius 1 is 0.517 bits per heavy atom. The van der Waals surface area contributed by atoms with Gasteiger partial charge in [-0.3, -0.25) is 0 Å². The van der Waals surface area contributed by atoms with Gasteiger partial charge in [-0.05, 0) is 112 Å². The third kappa shape index (κ3) is 13.3. The normalized spacial score (nSPS) is 50.9. The van der Waals surface area contributed by atoms with Crippen LogP contribution in [0.4, 0.5) is 0 Å². The van der Waals surface area contributed by atoms with Gasteiger partial charge in [0.05, 0.1) is 50.8 Å². The predicted octanol–water partition coefficient (Wildman–Crippen LogP) is -3.72. The van der Waals surface area contributed by atoms with Crippen LogP contribution in [0.3, 0.4) is 0 Å². The second-order valence-corrected chi connectivity index (χ2v) is 28.9. The fourth-order valence-electron chi connectivity index (χ4n) is 17.2. The Morgan fingerprint density at radius 2 is 1.00 bits per heavy atom. The molecule has 5 aliphatic heterocycles. The van der Waals surface area contributed by atoms with Crippen LogP contribution in [-0.2, 0) is 52.1 Å². The number of fused-ring (bicyclic) bond motifs is 5. The summed E-state index contributed by atoms with van der Waals surface area (Å²) in [6, 6.07) is 0. The Labute approximate surface area is 519 Å². The van der Waals surface area contributed by atoms with E-state index in [2.05, 4.69) is 47.6 Å². The van der Waals surface area contributed by atoms with Crippen molar-refractivity contribution in [2.24, 2.45) is 45.3 Å². The van der Waals surface area contributed by atoms with E-state index >= 15 is 0 Å². The molecule has 34 atom stereocenters. The van der Waals surface area contributed by atoms with E-state index in [0.29, 0.717) is 18.8 Å². The van der Waals surface area contributed by atoms with Gasteiger partial charge in [-0.25, -0.2) is 0 Å². The minimum Gasteiger partial charge on any atom is -0.394 e. The molecule has 9 rings (SSSR count). The largest absolute Gasteiger partial charge is 0.394 e. The third-order valence-corrected chi connectivity index (χ3v) is 23.0. The minimum absolute atomic E-state index is 0.0887. The molecule has 15 unspecified atom stereocenters. The first-order chi connectivity index (χ1) is 41.7. The van der Waals surface area contributed by atoms with Crippen LogP contribution in [0.2, 0.25) is 0 Å². The van der Waals surface area contributed by atoms with Gasteiger partial charge in [0.25, 0.3) is 0 Å². The Hall–Kier alpha value is -1.38. The Kier molecular flexibility index (Phi) is 22.6. The maximum Gasteiger partial charge on any atom is 0.187 e. The highest BCUT2D eigenvalue weighted by Gasteiger charge is 2.68. The molecule has 17 N–H and O–H groups in total. The topological polar surface area (TPSA) is 445 Å². The summed E-state index contributed by atoms with van der Waals surface area (Å²) in [5.74, 6) is 0.854. The molecule has 516 valence electrons. The monoisotopic (exact) mass is 1280 g/mol. The zero-order chi connectivity index (χ0) is 65.4. The van der Waals surface area contributed by atoms with Crippen molar-refractivity contribution >= 4 is 0 Å². The lowest BCUT2D eigenvalue weighted by Crippen LogP contribution is -2.65. The van der Waals surface area contributed by atoms with Gasteiger partial charge in [0.15, 0.2) is 31.5 Å². The number of rotatable bonds is 21. The standard InChI is InChI=1S/C61H104O28/c1-25(10-14-36(58(4,5)78)87-56-51(89-55-48(76)42(70)38(66)30(21-63)82-55)44(72)40(68)33(85-56)24-80-52-46(74)43(71)39(67)32(84-52)23-79-9)26-16-17-61(8)34-13-11-27-28(59(34,6)18-19-60(26,61)7)12-15-35(57(27,2)3)86-53-49(77)45(73)50(31(22-64)83-53)88-54-47(75)41(69)37(65)29(20-62)81-54/h11,25-26,28-56,62-78H,10,12-24H2,1-9H3/t25-,26-,28-,29?,30?,31?,32?,33?,34-,35+,36-,37-,38-,39-,40-,41?,42?,43?,44?,45?,46?,47?,48?,49?,50-,51?,52-,53+,54+,55+,56+,59+,60-,61+/m1/s1. The molecule has 9 aliphatic rings. The van der Waals surface area contributed by atoms with Crippen LogP contribution in [-0.4, -0.2) is 298 Å². The Bertz CT molecular complexity index is 2330. The van der Waals surface area contributed by atoms with Crippen LogP contribution < -0.4 is 0 Å². The van der Waals surface area contributed by atoms with Crippen LogP contribution in [0.15, 0.2) is 11.6 Å². The summed E-state index contributed by atoms with van der Waals surface area (Å²) in [6.45, 7) is 13.9. The van der Waals surface area contributed by atoms with Crippen molar-refractivity contribution in [1.82, 2.24) is 0 Å². The molecule has 89 heavy (non-hydrogen) atoms. The van der Waals surface area contributed by atoms with E-state index in [1.165, 1.54) is 12.7 Å². The summed E-state index contributed by atoms with van der Waals surface area (Å²) in [5.41, 5.74) is -1.17. The zero-order valence-corrected chi connectivity index (χ0v) is 52.5. The summed E-state index contributed by atoms with van der Waals surface area (Å²) in [5, 5.41) is 184. The second kappa shape index (κ2) is 28.0. The summed E-state index contributed by atoms with van der Waals surface area (Å²) < 4.78 is 65.2. The van der Waals surface area contributed by atoms with Crippen LogP contribution in [0.25, 0.3) is 0 Å². The molecule has 0 aromatic rings. The number of aliphatic hydroxyl groups is 17. The van der Waals surface area contributed by atoms with E-state index in [1.54, 1.807) is 13.8 Å². The Balaban J connectivity index is 0.873. The molecule has 0 bridgehead atoms. The van der Waals surface area contributed by atoms with Gasteiger partial charge in [0, 0.05) is 12.5 Å². The van der Waals surface area contributed by atoms with E-state index in [-0.39, 0.29) is 47.0 Å². The quantitative estimate of drug-likeness (QED) is 0.0491. The predicted molar refractivity (Wildman–Crippen MR) is 304 cm³/mol. The Morgan fingerprint density at radius 3 is 1.57 bits per heavy atom. The fraction of sp³-hybridized carbons (Fsp3) is 0.967. The van der Waals surface area contributed by atoms with Gasteiger partial charge in [-0.1, -0.05) is 53.2 Å². The zero-order valence-electron chi connectivity index (χ0n) is 52.5. The lowest BCUT2D eigenvalue weighted by atomic mass is 9.39. The van der Waals surface area contributed by atoms with Crippen LogP contribution in [0, 0.1) is 45.3 Å². The van der Waals surface area contributed by atoms with Gasteiger partial charge < -0.3 is 139 Å². The number of methoxy groups -OCH3 is 1. The average Bonchev–Trinajstić information content (AvgIpc) is 1.68. The molecule has 28 heteroatoms. The first-order valence-corrected chi connectivity index (χ1v) is 31.8. The minimum atomic E-state index is -1.92. The van der Waals surface area contributed by atoms with Gasteiger partial charge in [0.2, 0.25) is 0 Å². The maximum atomic E-state index is 11.9. The van der Waals surface area contributed by atoms with Crippen molar-refractivity contribution in [1.29, 1.82) is 0 Å². The van der Waals surface area contributed by atoms with Crippen molar-refractivity contribution in [2.45, 2.75) is 285 Å². The molecule has 0 aromatic heterocycles. The molecular weight excluding hydrogens is 1180 g/mol. The maximum absolute atomic E-state index is 11.9. The molecule has 5 heterocycles. The number of ether oxygens (including phenoxy) is 11. The highest BCUT2D eigenvalue weighted by molar-refractivity contribution is 5.30. The molecule has 0 aromatic carbocycles. The smallest absolute Gasteiger partial charge is 0.187 e. The molecule has 0 radical (unpaired) electrons. The molecule has 4 aliphatic carbocycles. The second-order valence-electron chi connectivity index (χ2n) is 28.9. The van der Waals surface area contributed by atoms with Gasteiger partial charge in [-0.15, -0.1) is 0 Å². The van der Waals surface area contributed by atoms with Crippen LogP contribution >= 0.6 is 0 Å². The lowest BCUT2D eigenvalue weighted by molar-refractivity contribution is -0.380. The van der Waals surface area contributed by atoms with E-state index in [4.69, 9.17) is 52.1 Å². The number of hydrogen-bond donors (Lipinski definition) is 17. The molecule has 28 nitrogen and oxygen atoms in total. The van der Waals surface area contributed by atoms with Gasteiger partial charge in [-0.2, -0.15) is 0 Å².